The van der Waals surface area contributed by atoms with Gasteiger partial charge in [0.25, 0.3) is 0 Å². The average Bonchev–Trinajstić information content (AvgIpc) is 3.06. The van der Waals surface area contributed by atoms with Crippen molar-refractivity contribution in [1.82, 2.24) is 14.9 Å². The number of nitrogens with one attached hydrogen (secondary N) is 1. The molecule has 1 aliphatic rings. The fourth-order valence-electron chi connectivity index (χ4n) is 2.75. The third kappa shape index (κ3) is 2.58. The molecule has 0 bridgehead atoms. The molecule has 5 heteroatoms. The SMILES string of the molecule is CCC1CCN(Cc2nc(NC)c3ccsc3n2)C1. The van der Waals surface area contributed by atoms with Gasteiger partial charge in [-0.25, -0.2) is 9.97 Å². The maximum absolute atomic E-state index is 4.68. The van der Waals surface area contributed by atoms with Gasteiger partial charge in [0.2, 0.25) is 0 Å². The van der Waals surface area contributed by atoms with Gasteiger partial charge in [0, 0.05) is 13.6 Å². The van der Waals surface area contributed by atoms with Crippen LogP contribution in [-0.2, 0) is 6.54 Å². The molecule has 0 amide bonds. The number of aromatic nitrogens is 2. The van der Waals surface area contributed by atoms with Crippen LogP contribution in [0.25, 0.3) is 10.2 Å². The molecule has 1 atom stereocenters. The summed E-state index contributed by atoms with van der Waals surface area (Å²) in [4.78, 5) is 12.9. The Labute approximate surface area is 117 Å². The molecule has 1 saturated heterocycles. The maximum atomic E-state index is 4.68. The molecule has 0 aromatic carbocycles. The molecule has 1 unspecified atom stereocenters. The highest BCUT2D eigenvalue weighted by atomic mass is 32.1. The highest BCUT2D eigenvalue weighted by molar-refractivity contribution is 7.16. The number of thiophene rings is 1. The molecule has 19 heavy (non-hydrogen) atoms. The Kier molecular flexibility index (Phi) is 3.66. The number of rotatable bonds is 4. The first-order valence-corrected chi connectivity index (χ1v) is 7.82. The molecular weight excluding hydrogens is 256 g/mol. The van der Waals surface area contributed by atoms with E-state index in [1.165, 1.54) is 25.9 Å². The first kappa shape index (κ1) is 12.8. The normalized spacial score (nSPS) is 20.2. The minimum absolute atomic E-state index is 0.856. The monoisotopic (exact) mass is 276 g/mol. The van der Waals surface area contributed by atoms with Gasteiger partial charge in [0.15, 0.2) is 0 Å². The molecule has 0 saturated carbocycles. The standard InChI is InChI=1S/C14H20N4S/c1-3-10-4-6-18(8-10)9-12-16-13(15-2)11-5-7-19-14(11)17-12/h5,7,10H,3-4,6,8-9H2,1-2H3,(H,15,16,17). The summed E-state index contributed by atoms with van der Waals surface area (Å²) in [6.07, 6.45) is 2.60. The van der Waals surface area contributed by atoms with Crippen LogP contribution < -0.4 is 5.32 Å². The summed E-state index contributed by atoms with van der Waals surface area (Å²) in [5.41, 5.74) is 0. The van der Waals surface area contributed by atoms with Gasteiger partial charge in [-0.15, -0.1) is 11.3 Å². The summed E-state index contributed by atoms with van der Waals surface area (Å²) >= 11 is 1.68. The zero-order valence-corrected chi connectivity index (χ0v) is 12.3. The summed E-state index contributed by atoms with van der Waals surface area (Å²) in [5, 5.41) is 6.38. The van der Waals surface area contributed by atoms with Crippen LogP contribution in [0.2, 0.25) is 0 Å². The zero-order valence-electron chi connectivity index (χ0n) is 11.5. The summed E-state index contributed by atoms with van der Waals surface area (Å²) in [6, 6.07) is 2.08. The lowest BCUT2D eigenvalue weighted by Gasteiger charge is -2.15. The molecule has 1 aliphatic heterocycles. The van der Waals surface area contributed by atoms with Crippen LogP contribution in [-0.4, -0.2) is 35.0 Å². The van der Waals surface area contributed by atoms with Crippen LogP contribution in [0.5, 0.6) is 0 Å². The maximum Gasteiger partial charge on any atom is 0.146 e. The second kappa shape index (κ2) is 5.43. The Bertz CT molecular complexity index is 566. The first-order valence-electron chi connectivity index (χ1n) is 6.94. The molecule has 3 rings (SSSR count). The Morgan fingerprint density at radius 3 is 3.11 bits per heavy atom. The molecule has 3 heterocycles. The quantitative estimate of drug-likeness (QED) is 0.932. The van der Waals surface area contributed by atoms with E-state index in [2.05, 4.69) is 38.6 Å². The van der Waals surface area contributed by atoms with E-state index in [9.17, 15) is 0 Å². The molecule has 2 aromatic rings. The Hall–Kier alpha value is -1.20. The van der Waals surface area contributed by atoms with Crippen molar-refractivity contribution in [3.8, 4) is 0 Å². The van der Waals surface area contributed by atoms with Crippen molar-refractivity contribution < 1.29 is 0 Å². The lowest BCUT2D eigenvalue weighted by atomic mass is 10.1. The molecule has 102 valence electrons. The highest BCUT2D eigenvalue weighted by Crippen LogP contribution is 2.26. The van der Waals surface area contributed by atoms with Gasteiger partial charge in [-0.05, 0) is 30.3 Å². The number of hydrogen-bond acceptors (Lipinski definition) is 5. The van der Waals surface area contributed by atoms with E-state index >= 15 is 0 Å². The van der Waals surface area contributed by atoms with E-state index in [-0.39, 0.29) is 0 Å². The van der Waals surface area contributed by atoms with Crippen LogP contribution in [0.1, 0.15) is 25.6 Å². The molecule has 2 aromatic heterocycles. The molecule has 4 nitrogen and oxygen atoms in total. The number of likely N-dealkylation sites (tertiary alicyclic amines) is 1. The van der Waals surface area contributed by atoms with E-state index in [1.54, 1.807) is 11.3 Å². The summed E-state index contributed by atoms with van der Waals surface area (Å²) < 4.78 is 0. The lowest BCUT2D eigenvalue weighted by molar-refractivity contribution is 0.308. The molecule has 1 N–H and O–H groups in total. The summed E-state index contributed by atoms with van der Waals surface area (Å²) in [7, 11) is 1.92. The van der Waals surface area contributed by atoms with Crippen molar-refractivity contribution in [2.24, 2.45) is 5.92 Å². The Balaban J connectivity index is 1.81. The van der Waals surface area contributed by atoms with Crippen molar-refractivity contribution in [1.29, 1.82) is 0 Å². The van der Waals surface area contributed by atoms with Gasteiger partial charge >= 0.3 is 0 Å². The van der Waals surface area contributed by atoms with E-state index in [0.29, 0.717) is 0 Å². The van der Waals surface area contributed by atoms with Crippen LogP contribution >= 0.6 is 11.3 Å². The highest BCUT2D eigenvalue weighted by Gasteiger charge is 2.22. The molecule has 1 fully saturated rings. The molecule has 0 spiro atoms. The number of hydrogen-bond donors (Lipinski definition) is 1. The Morgan fingerprint density at radius 2 is 2.37 bits per heavy atom. The van der Waals surface area contributed by atoms with E-state index < -0.39 is 0 Å². The van der Waals surface area contributed by atoms with Crippen LogP contribution in [0, 0.1) is 5.92 Å². The number of fused-ring (bicyclic) bond motifs is 1. The third-order valence-electron chi connectivity index (χ3n) is 3.92. The molecular formula is C14H20N4S. The summed E-state index contributed by atoms with van der Waals surface area (Å²) in [6.45, 7) is 5.52. The van der Waals surface area contributed by atoms with Crippen molar-refractivity contribution in [2.45, 2.75) is 26.3 Å². The van der Waals surface area contributed by atoms with Crippen molar-refractivity contribution in [2.75, 3.05) is 25.5 Å². The van der Waals surface area contributed by atoms with Gasteiger partial charge in [0.05, 0.1) is 11.9 Å². The van der Waals surface area contributed by atoms with Gasteiger partial charge in [-0.3, -0.25) is 4.90 Å². The average molecular weight is 276 g/mol. The van der Waals surface area contributed by atoms with Crippen LogP contribution in [0.15, 0.2) is 11.4 Å². The largest absolute Gasteiger partial charge is 0.372 e. The molecule has 0 radical (unpaired) electrons. The van der Waals surface area contributed by atoms with Gasteiger partial charge in [-0.1, -0.05) is 13.3 Å². The second-order valence-electron chi connectivity index (χ2n) is 5.18. The van der Waals surface area contributed by atoms with E-state index in [0.717, 1.165) is 34.3 Å². The van der Waals surface area contributed by atoms with E-state index in [1.807, 2.05) is 7.05 Å². The minimum Gasteiger partial charge on any atom is -0.372 e. The number of anilines is 1. The predicted octanol–water partition coefficient (Wildman–Crippen LogP) is 2.96. The number of nitrogens with zero attached hydrogens (tertiary/aromatic N) is 3. The fraction of sp³-hybridized carbons (Fsp3) is 0.571. The molecule has 0 aliphatic carbocycles. The third-order valence-corrected chi connectivity index (χ3v) is 4.73. The predicted molar refractivity (Wildman–Crippen MR) is 80.6 cm³/mol. The zero-order chi connectivity index (χ0) is 13.2. The van der Waals surface area contributed by atoms with Crippen molar-refractivity contribution in [3.05, 3.63) is 17.3 Å². The first-order chi connectivity index (χ1) is 9.30. The topological polar surface area (TPSA) is 41.1 Å². The second-order valence-corrected chi connectivity index (χ2v) is 6.07. The summed E-state index contributed by atoms with van der Waals surface area (Å²) in [5.74, 6) is 2.75. The van der Waals surface area contributed by atoms with Gasteiger partial charge in [0.1, 0.15) is 16.5 Å². The van der Waals surface area contributed by atoms with Gasteiger partial charge in [-0.2, -0.15) is 0 Å². The van der Waals surface area contributed by atoms with Crippen LogP contribution in [0.4, 0.5) is 5.82 Å². The Morgan fingerprint density at radius 1 is 1.47 bits per heavy atom. The van der Waals surface area contributed by atoms with Crippen LogP contribution in [0.3, 0.4) is 0 Å². The van der Waals surface area contributed by atoms with Gasteiger partial charge < -0.3 is 5.32 Å². The van der Waals surface area contributed by atoms with Crippen molar-refractivity contribution >= 4 is 27.4 Å². The minimum atomic E-state index is 0.856. The van der Waals surface area contributed by atoms with Crippen molar-refractivity contribution in [3.63, 3.8) is 0 Å². The van der Waals surface area contributed by atoms with E-state index in [4.69, 9.17) is 0 Å². The lowest BCUT2D eigenvalue weighted by Crippen LogP contribution is -2.21. The smallest absolute Gasteiger partial charge is 0.146 e. The fourth-order valence-corrected chi connectivity index (χ4v) is 3.53.